The number of ether oxygens (including phenoxy) is 1. The van der Waals surface area contributed by atoms with E-state index in [4.69, 9.17) is 27.9 Å². The van der Waals surface area contributed by atoms with Gasteiger partial charge in [-0.25, -0.2) is 4.98 Å². The average molecular weight is 435 g/mol. The van der Waals surface area contributed by atoms with E-state index in [1.807, 2.05) is 11.4 Å². The molecule has 2 heterocycles. The summed E-state index contributed by atoms with van der Waals surface area (Å²) in [6, 6.07) is 10.1. The predicted molar refractivity (Wildman–Crippen MR) is 111 cm³/mol. The second-order valence-electron chi connectivity index (χ2n) is 5.85. The van der Waals surface area contributed by atoms with Gasteiger partial charge in [0.25, 0.3) is 0 Å². The molecule has 3 aromatic rings. The van der Waals surface area contributed by atoms with Gasteiger partial charge < -0.3 is 4.74 Å². The number of anilines is 1. The zero-order valence-electron chi connectivity index (χ0n) is 14.2. The van der Waals surface area contributed by atoms with E-state index < -0.39 is 4.92 Å². The van der Waals surface area contributed by atoms with E-state index in [9.17, 15) is 10.1 Å². The Hall–Kier alpha value is -2.68. The number of halogens is 2. The number of thiazole rings is 1. The topological polar surface area (TPSA) is 89.7 Å². The van der Waals surface area contributed by atoms with Gasteiger partial charge in [-0.2, -0.15) is 5.10 Å². The average Bonchev–Trinajstić information content (AvgIpc) is 3.17. The van der Waals surface area contributed by atoms with E-state index in [2.05, 4.69) is 15.5 Å². The Morgan fingerprint density at radius 3 is 2.89 bits per heavy atom. The lowest BCUT2D eigenvalue weighted by Crippen LogP contribution is -2.18. The van der Waals surface area contributed by atoms with Crippen LogP contribution in [-0.4, -0.2) is 22.2 Å². The van der Waals surface area contributed by atoms with E-state index >= 15 is 0 Å². The number of nitrogens with one attached hydrogen (secondary N) is 1. The third-order valence-corrected chi connectivity index (χ3v) is 5.58. The molecule has 28 heavy (non-hydrogen) atoms. The number of fused-ring (bicyclic) bond motifs is 1. The first-order chi connectivity index (χ1) is 13.5. The van der Waals surface area contributed by atoms with Gasteiger partial charge in [0.2, 0.25) is 10.9 Å². The van der Waals surface area contributed by atoms with E-state index in [0.717, 1.165) is 11.3 Å². The quantitative estimate of drug-likeness (QED) is 0.424. The maximum Gasteiger partial charge on any atom is 0.311 e. The normalized spacial score (nSPS) is 14.4. The molecular formula is C18H12Cl2N4O3S. The fourth-order valence-corrected chi connectivity index (χ4v) is 3.74. The molecule has 0 atom stereocenters. The Balaban J connectivity index is 1.58. The molecule has 0 saturated carbocycles. The lowest BCUT2D eigenvalue weighted by molar-refractivity contribution is -0.385. The molecule has 0 aliphatic carbocycles. The Morgan fingerprint density at radius 2 is 2.11 bits per heavy atom. The number of para-hydroxylation sites is 1. The van der Waals surface area contributed by atoms with E-state index in [1.165, 1.54) is 17.4 Å². The summed E-state index contributed by atoms with van der Waals surface area (Å²) in [5, 5.41) is 19.0. The van der Waals surface area contributed by atoms with Gasteiger partial charge in [-0.15, -0.1) is 11.3 Å². The highest BCUT2D eigenvalue weighted by atomic mass is 35.5. The molecule has 1 N–H and O–H groups in total. The Bertz CT molecular complexity index is 1100. The highest BCUT2D eigenvalue weighted by molar-refractivity contribution is 7.14. The molecular weight excluding hydrogens is 423 g/mol. The first kappa shape index (κ1) is 18.7. The second kappa shape index (κ2) is 7.75. The van der Waals surface area contributed by atoms with Crippen molar-refractivity contribution >= 4 is 51.1 Å². The third kappa shape index (κ3) is 3.66. The van der Waals surface area contributed by atoms with Crippen LogP contribution in [0.1, 0.15) is 12.0 Å². The maximum absolute atomic E-state index is 11.2. The number of aromatic nitrogens is 1. The van der Waals surface area contributed by atoms with Crippen LogP contribution in [0.4, 0.5) is 10.8 Å². The molecule has 0 radical (unpaired) electrons. The van der Waals surface area contributed by atoms with Crippen molar-refractivity contribution in [3.63, 3.8) is 0 Å². The Morgan fingerprint density at radius 1 is 1.25 bits per heavy atom. The van der Waals surface area contributed by atoms with Gasteiger partial charge in [-0.05, 0) is 18.2 Å². The van der Waals surface area contributed by atoms with Gasteiger partial charge in [0.15, 0.2) is 0 Å². The molecule has 0 amide bonds. The summed E-state index contributed by atoms with van der Waals surface area (Å²) >= 11 is 13.4. The summed E-state index contributed by atoms with van der Waals surface area (Å²) in [6.07, 6.45) is 0.534. The fraction of sp³-hybridized carbons (Fsp3) is 0.111. The fourth-order valence-electron chi connectivity index (χ4n) is 2.78. The summed E-state index contributed by atoms with van der Waals surface area (Å²) in [7, 11) is 0. The first-order valence-electron chi connectivity index (χ1n) is 8.17. The largest absolute Gasteiger partial charge is 0.486 e. The minimum atomic E-state index is -0.459. The highest BCUT2D eigenvalue weighted by Gasteiger charge is 2.25. The van der Waals surface area contributed by atoms with Gasteiger partial charge >= 0.3 is 5.69 Å². The molecule has 4 rings (SSSR count). The lowest BCUT2D eigenvalue weighted by Gasteiger charge is -2.18. The van der Waals surface area contributed by atoms with Crippen LogP contribution in [0.3, 0.4) is 0 Å². The summed E-state index contributed by atoms with van der Waals surface area (Å²) < 4.78 is 5.49. The monoisotopic (exact) mass is 434 g/mol. The van der Waals surface area contributed by atoms with E-state index in [-0.39, 0.29) is 11.4 Å². The number of hydrogen-bond acceptors (Lipinski definition) is 7. The zero-order valence-corrected chi connectivity index (χ0v) is 16.5. The molecule has 1 aliphatic rings. The van der Waals surface area contributed by atoms with Gasteiger partial charge in [0.05, 0.1) is 33.0 Å². The van der Waals surface area contributed by atoms with Crippen LogP contribution >= 0.6 is 34.5 Å². The van der Waals surface area contributed by atoms with Crippen LogP contribution < -0.4 is 10.2 Å². The van der Waals surface area contributed by atoms with Crippen molar-refractivity contribution in [3.05, 3.63) is 67.5 Å². The molecule has 0 saturated heterocycles. The van der Waals surface area contributed by atoms with E-state index in [0.29, 0.717) is 39.5 Å². The minimum absolute atomic E-state index is 0.0685. The Kier molecular flexibility index (Phi) is 5.17. The van der Waals surface area contributed by atoms with Crippen molar-refractivity contribution in [1.29, 1.82) is 0 Å². The molecule has 0 bridgehead atoms. The minimum Gasteiger partial charge on any atom is -0.486 e. The third-order valence-electron chi connectivity index (χ3n) is 4.09. The number of benzene rings is 2. The van der Waals surface area contributed by atoms with Gasteiger partial charge in [-0.1, -0.05) is 35.3 Å². The molecule has 1 aromatic heterocycles. The zero-order chi connectivity index (χ0) is 19.7. The predicted octanol–water partition coefficient (Wildman–Crippen LogP) is 5.62. The van der Waals surface area contributed by atoms with Crippen LogP contribution in [0.25, 0.3) is 11.3 Å². The maximum atomic E-state index is 11.2. The van der Waals surface area contributed by atoms with Crippen molar-refractivity contribution < 1.29 is 9.66 Å². The number of hydrazone groups is 1. The SMILES string of the molecule is O=[N+]([O-])c1cccc2c1OCC/C2=N/Nc1nc(-c2ccc(Cl)c(Cl)c2)cs1. The number of hydrogen-bond donors (Lipinski definition) is 1. The molecule has 1 aliphatic heterocycles. The van der Waals surface area contributed by atoms with Crippen LogP contribution in [0.2, 0.25) is 10.0 Å². The van der Waals surface area contributed by atoms with Crippen LogP contribution in [0, 0.1) is 10.1 Å². The van der Waals surface area contributed by atoms with Gasteiger partial charge in [0, 0.05) is 29.0 Å². The van der Waals surface area contributed by atoms with Crippen molar-refractivity contribution in [3.8, 4) is 17.0 Å². The molecule has 10 heteroatoms. The van der Waals surface area contributed by atoms with Crippen molar-refractivity contribution in [1.82, 2.24) is 4.98 Å². The molecule has 0 unspecified atom stereocenters. The number of nitro groups is 1. The lowest BCUT2D eigenvalue weighted by atomic mass is 10.0. The first-order valence-corrected chi connectivity index (χ1v) is 9.80. The summed E-state index contributed by atoms with van der Waals surface area (Å²) in [5.74, 6) is 0.245. The molecule has 0 fully saturated rings. The molecule has 142 valence electrons. The van der Waals surface area contributed by atoms with Crippen LogP contribution in [-0.2, 0) is 0 Å². The smallest absolute Gasteiger partial charge is 0.311 e. The second-order valence-corrected chi connectivity index (χ2v) is 7.52. The van der Waals surface area contributed by atoms with Gasteiger partial charge in [0.1, 0.15) is 0 Å². The van der Waals surface area contributed by atoms with Crippen LogP contribution in [0.5, 0.6) is 5.75 Å². The number of nitrogens with zero attached hydrogens (tertiary/aromatic N) is 3. The van der Waals surface area contributed by atoms with Crippen LogP contribution in [0.15, 0.2) is 46.9 Å². The van der Waals surface area contributed by atoms with Crippen molar-refractivity contribution in [2.75, 3.05) is 12.0 Å². The molecule has 2 aromatic carbocycles. The van der Waals surface area contributed by atoms with Crippen molar-refractivity contribution in [2.24, 2.45) is 5.10 Å². The van der Waals surface area contributed by atoms with Crippen molar-refractivity contribution in [2.45, 2.75) is 6.42 Å². The number of nitro benzene ring substituents is 1. The van der Waals surface area contributed by atoms with Gasteiger partial charge in [-0.3, -0.25) is 15.5 Å². The Labute approximate surface area is 173 Å². The molecule has 0 spiro atoms. The van der Waals surface area contributed by atoms with E-state index in [1.54, 1.807) is 24.3 Å². The summed E-state index contributed by atoms with van der Waals surface area (Å²) in [6.45, 7) is 0.324. The summed E-state index contributed by atoms with van der Waals surface area (Å²) in [5.41, 5.74) is 5.74. The molecule has 7 nitrogen and oxygen atoms in total. The standard InChI is InChI=1S/C18H12Cl2N4O3S/c19-12-5-4-10(8-13(12)20)15-9-28-18(21-15)23-22-14-6-7-27-17-11(14)2-1-3-16(17)24(25)26/h1-5,8-9H,6-7H2,(H,21,23)/b22-14-. The number of rotatable bonds is 4. The summed E-state index contributed by atoms with van der Waals surface area (Å²) in [4.78, 5) is 15.2. The highest BCUT2D eigenvalue weighted by Crippen LogP contribution is 2.35.